The number of ether oxygens (including phenoxy) is 1. The van der Waals surface area contributed by atoms with Crippen LogP contribution in [0.2, 0.25) is 0 Å². The molecular formula is C13H25F3O. The van der Waals surface area contributed by atoms with E-state index in [1.165, 1.54) is 0 Å². The highest BCUT2D eigenvalue weighted by Crippen LogP contribution is 2.24. The van der Waals surface area contributed by atoms with Gasteiger partial charge in [-0.25, -0.2) is 0 Å². The van der Waals surface area contributed by atoms with Crippen molar-refractivity contribution in [3.8, 4) is 0 Å². The first kappa shape index (κ1) is 16.8. The van der Waals surface area contributed by atoms with E-state index in [2.05, 4.69) is 13.8 Å². The maximum Gasteiger partial charge on any atom is 0.414 e. The molecule has 0 amide bonds. The van der Waals surface area contributed by atoms with Crippen LogP contribution >= 0.6 is 0 Å². The molecule has 2 unspecified atom stereocenters. The first-order chi connectivity index (χ1) is 7.91. The van der Waals surface area contributed by atoms with E-state index in [1.54, 1.807) is 0 Å². The van der Waals surface area contributed by atoms with Crippen molar-refractivity contribution in [2.24, 2.45) is 5.92 Å². The van der Waals surface area contributed by atoms with Crippen LogP contribution in [-0.4, -0.2) is 18.9 Å². The van der Waals surface area contributed by atoms with E-state index in [1.807, 2.05) is 0 Å². The van der Waals surface area contributed by atoms with Crippen LogP contribution in [0.1, 0.15) is 59.3 Å². The molecule has 4 heteroatoms. The Morgan fingerprint density at radius 2 is 1.65 bits per heavy atom. The average Bonchev–Trinajstić information content (AvgIpc) is 2.24. The van der Waals surface area contributed by atoms with E-state index >= 15 is 0 Å². The molecule has 0 N–H and O–H groups in total. The van der Waals surface area contributed by atoms with Gasteiger partial charge in [-0.3, -0.25) is 0 Å². The van der Waals surface area contributed by atoms with Gasteiger partial charge in [-0.05, 0) is 25.7 Å². The third-order valence-corrected chi connectivity index (χ3v) is 2.96. The molecule has 2 atom stereocenters. The number of halogens is 3. The standard InChI is InChI=1S/C13H25F3O/c1-4-6-7-9-12(8-5-2)10-17-11(3)13(14,15)16/h11-12H,4-10H2,1-3H3. The normalized spacial score (nSPS) is 15.9. The summed E-state index contributed by atoms with van der Waals surface area (Å²) in [5.74, 6) is 0.274. The Morgan fingerprint density at radius 3 is 2.12 bits per heavy atom. The highest BCUT2D eigenvalue weighted by Gasteiger charge is 2.37. The van der Waals surface area contributed by atoms with Crippen LogP contribution in [-0.2, 0) is 4.74 Å². The summed E-state index contributed by atoms with van der Waals surface area (Å²) >= 11 is 0. The highest BCUT2D eigenvalue weighted by molar-refractivity contribution is 4.64. The lowest BCUT2D eigenvalue weighted by molar-refractivity contribution is -0.217. The zero-order chi connectivity index (χ0) is 13.3. The summed E-state index contributed by atoms with van der Waals surface area (Å²) < 4.78 is 41.7. The summed E-state index contributed by atoms with van der Waals surface area (Å²) in [6.07, 6.45) is 0.424. The SMILES string of the molecule is CCCCCC(CCC)COC(C)C(F)(F)F. The van der Waals surface area contributed by atoms with Gasteiger partial charge in [0.05, 0.1) is 6.61 Å². The largest absolute Gasteiger partial charge is 0.414 e. The van der Waals surface area contributed by atoms with Crippen LogP contribution < -0.4 is 0 Å². The topological polar surface area (TPSA) is 9.23 Å². The molecule has 17 heavy (non-hydrogen) atoms. The number of hydrogen-bond donors (Lipinski definition) is 0. The Kier molecular flexibility index (Phi) is 8.66. The summed E-state index contributed by atoms with van der Waals surface area (Å²) in [5, 5.41) is 0. The molecule has 0 aliphatic carbocycles. The molecule has 1 nitrogen and oxygen atoms in total. The molecule has 0 spiro atoms. The maximum atomic E-state index is 12.3. The third-order valence-electron chi connectivity index (χ3n) is 2.96. The lowest BCUT2D eigenvalue weighted by atomic mass is 9.97. The fraction of sp³-hybridized carbons (Fsp3) is 1.00. The monoisotopic (exact) mass is 254 g/mol. The van der Waals surface area contributed by atoms with Crippen LogP contribution in [0.15, 0.2) is 0 Å². The fourth-order valence-electron chi connectivity index (χ4n) is 1.78. The smallest absolute Gasteiger partial charge is 0.369 e. The van der Waals surface area contributed by atoms with E-state index in [9.17, 15) is 13.2 Å². The highest BCUT2D eigenvalue weighted by atomic mass is 19.4. The van der Waals surface area contributed by atoms with Crippen molar-refractivity contribution >= 4 is 0 Å². The van der Waals surface area contributed by atoms with Gasteiger partial charge in [-0.15, -0.1) is 0 Å². The Balaban J connectivity index is 3.91. The molecule has 0 fully saturated rings. The van der Waals surface area contributed by atoms with Gasteiger partial charge in [0.2, 0.25) is 0 Å². The zero-order valence-corrected chi connectivity index (χ0v) is 11.1. The van der Waals surface area contributed by atoms with Crippen LogP contribution in [0, 0.1) is 5.92 Å². The molecule has 0 heterocycles. The summed E-state index contributed by atoms with van der Waals surface area (Å²) in [5.41, 5.74) is 0. The molecule has 0 aromatic heterocycles. The Morgan fingerprint density at radius 1 is 1.00 bits per heavy atom. The number of hydrogen-bond acceptors (Lipinski definition) is 1. The maximum absolute atomic E-state index is 12.3. The van der Waals surface area contributed by atoms with Gasteiger partial charge in [-0.1, -0.05) is 39.5 Å². The number of rotatable bonds is 9. The van der Waals surface area contributed by atoms with Crippen LogP contribution in [0.3, 0.4) is 0 Å². The van der Waals surface area contributed by atoms with Gasteiger partial charge in [0.1, 0.15) is 0 Å². The second-order valence-electron chi connectivity index (χ2n) is 4.67. The molecule has 0 rings (SSSR count). The van der Waals surface area contributed by atoms with Crippen molar-refractivity contribution in [1.29, 1.82) is 0 Å². The van der Waals surface area contributed by atoms with Crippen molar-refractivity contribution in [2.75, 3.05) is 6.61 Å². The Hall–Kier alpha value is -0.250. The molecule has 0 aliphatic heterocycles. The van der Waals surface area contributed by atoms with E-state index in [-0.39, 0.29) is 12.5 Å². The molecule has 0 radical (unpaired) electrons. The zero-order valence-electron chi connectivity index (χ0n) is 11.1. The first-order valence-corrected chi connectivity index (χ1v) is 6.60. The van der Waals surface area contributed by atoms with Crippen molar-refractivity contribution in [3.05, 3.63) is 0 Å². The van der Waals surface area contributed by atoms with Crippen LogP contribution in [0.25, 0.3) is 0 Å². The molecular weight excluding hydrogens is 229 g/mol. The van der Waals surface area contributed by atoms with Gasteiger partial charge >= 0.3 is 6.18 Å². The molecule has 0 aromatic carbocycles. The summed E-state index contributed by atoms with van der Waals surface area (Å²) in [7, 11) is 0. The first-order valence-electron chi connectivity index (χ1n) is 6.60. The Bertz CT molecular complexity index is 180. The molecule has 0 saturated heterocycles. The van der Waals surface area contributed by atoms with Crippen molar-refractivity contribution in [3.63, 3.8) is 0 Å². The van der Waals surface area contributed by atoms with Crippen molar-refractivity contribution in [2.45, 2.75) is 71.6 Å². The number of alkyl halides is 3. The number of unbranched alkanes of at least 4 members (excludes halogenated alkanes) is 2. The lowest BCUT2D eigenvalue weighted by Crippen LogP contribution is -2.30. The molecule has 0 aliphatic rings. The second kappa shape index (κ2) is 8.78. The van der Waals surface area contributed by atoms with E-state index in [0.29, 0.717) is 0 Å². The molecule has 104 valence electrons. The minimum atomic E-state index is -4.24. The van der Waals surface area contributed by atoms with Gasteiger partial charge < -0.3 is 4.74 Å². The van der Waals surface area contributed by atoms with Gasteiger partial charge in [0.15, 0.2) is 6.10 Å². The Labute approximate surface area is 103 Å². The summed E-state index contributed by atoms with van der Waals surface area (Å²) in [6.45, 7) is 5.49. The molecule has 0 bridgehead atoms. The van der Waals surface area contributed by atoms with E-state index in [0.717, 1.165) is 45.4 Å². The van der Waals surface area contributed by atoms with E-state index < -0.39 is 12.3 Å². The predicted molar refractivity (Wildman–Crippen MR) is 64.0 cm³/mol. The van der Waals surface area contributed by atoms with Gasteiger partial charge in [-0.2, -0.15) is 13.2 Å². The van der Waals surface area contributed by atoms with E-state index in [4.69, 9.17) is 4.74 Å². The second-order valence-corrected chi connectivity index (χ2v) is 4.67. The third kappa shape index (κ3) is 8.47. The predicted octanol–water partition coefficient (Wildman–Crippen LogP) is 4.95. The molecule has 0 saturated carbocycles. The summed E-state index contributed by atoms with van der Waals surface area (Å²) in [4.78, 5) is 0. The average molecular weight is 254 g/mol. The van der Waals surface area contributed by atoms with Crippen LogP contribution in [0.5, 0.6) is 0 Å². The minimum Gasteiger partial charge on any atom is -0.369 e. The van der Waals surface area contributed by atoms with Gasteiger partial charge in [0.25, 0.3) is 0 Å². The van der Waals surface area contributed by atoms with Crippen molar-refractivity contribution < 1.29 is 17.9 Å². The minimum absolute atomic E-state index is 0.234. The molecule has 0 aromatic rings. The fourth-order valence-corrected chi connectivity index (χ4v) is 1.78. The quantitative estimate of drug-likeness (QED) is 0.529. The van der Waals surface area contributed by atoms with Crippen LogP contribution in [0.4, 0.5) is 13.2 Å². The summed E-state index contributed by atoms with van der Waals surface area (Å²) in [6, 6.07) is 0. The van der Waals surface area contributed by atoms with Crippen molar-refractivity contribution in [1.82, 2.24) is 0 Å². The van der Waals surface area contributed by atoms with Gasteiger partial charge in [0, 0.05) is 0 Å². The lowest BCUT2D eigenvalue weighted by Gasteiger charge is -2.21.